The van der Waals surface area contributed by atoms with Gasteiger partial charge in [-0.25, -0.2) is 9.59 Å². The van der Waals surface area contributed by atoms with Crippen LogP contribution < -0.4 is 0 Å². The molecule has 5 nitrogen and oxygen atoms in total. The molecule has 28 heavy (non-hydrogen) atoms. The molecule has 0 aliphatic rings. The average molecular weight is 428 g/mol. The average Bonchev–Trinajstić information content (AvgIpc) is 2.70. The second-order valence-corrected chi connectivity index (χ2v) is 13.1. The van der Waals surface area contributed by atoms with E-state index in [0.29, 0.717) is 12.7 Å². The lowest BCUT2D eigenvalue weighted by molar-refractivity contribution is -0.142. The number of carboxylic acid groups (broad SMARTS) is 1. The van der Waals surface area contributed by atoms with Gasteiger partial charge in [0.05, 0.1) is 6.29 Å². The summed E-state index contributed by atoms with van der Waals surface area (Å²) in [5.41, 5.74) is 1.41. The number of nitrogens with zero attached hydrogens (tertiary/aromatic N) is 1. The standard InChI is InChI=1S/C21H34NO4PS/c1-6-16(4)27(28,17(5)7-2)15-22(19(8-3)20(23)24)21(25)26-14-18-12-10-9-11-13-18/h9-13,16-17,19H,6-8,14-15H2,1-5H3,(H,23,24). The van der Waals surface area contributed by atoms with Crippen LogP contribution in [0.3, 0.4) is 0 Å². The molecule has 3 atom stereocenters. The molecule has 0 aliphatic carbocycles. The van der Waals surface area contributed by atoms with E-state index in [2.05, 4.69) is 27.7 Å². The number of benzene rings is 1. The predicted octanol–water partition coefficient (Wildman–Crippen LogP) is 5.52. The number of amides is 1. The summed E-state index contributed by atoms with van der Waals surface area (Å²) >= 11 is 6.14. The minimum absolute atomic E-state index is 0.113. The largest absolute Gasteiger partial charge is 0.480 e. The second kappa shape index (κ2) is 11.6. The van der Waals surface area contributed by atoms with E-state index in [9.17, 15) is 14.7 Å². The molecule has 1 aromatic rings. The molecule has 0 saturated carbocycles. The van der Waals surface area contributed by atoms with Gasteiger partial charge in [-0.1, -0.05) is 76.8 Å². The molecule has 0 aromatic heterocycles. The van der Waals surface area contributed by atoms with E-state index in [1.165, 1.54) is 4.90 Å². The Bertz CT molecular complexity index is 668. The monoisotopic (exact) mass is 427 g/mol. The Kier molecular flexibility index (Phi) is 10.2. The third-order valence-corrected chi connectivity index (χ3v) is 12.5. The lowest BCUT2D eigenvalue weighted by atomic mass is 10.2. The summed E-state index contributed by atoms with van der Waals surface area (Å²) in [6.45, 7) is 10.3. The molecule has 7 heteroatoms. The minimum Gasteiger partial charge on any atom is -0.480 e. The fraction of sp³-hybridized carbons (Fsp3) is 0.619. The Morgan fingerprint density at radius 1 is 1.07 bits per heavy atom. The number of carbonyl (C=O) groups is 2. The first-order valence-electron chi connectivity index (χ1n) is 9.99. The van der Waals surface area contributed by atoms with E-state index in [1.807, 2.05) is 30.3 Å². The Hall–Kier alpha value is -1.39. The topological polar surface area (TPSA) is 66.8 Å². The van der Waals surface area contributed by atoms with Crippen molar-refractivity contribution in [1.82, 2.24) is 4.90 Å². The van der Waals surface area contributed by atoms with Gasteiger partial charge in [-0.3, -0.25) is 4.90 Å². The molecule has 0 heterocycles. The van der Waals surface area contributed by atoms with Crippen LogP contribution in [-0.4, -0.2) is 45.7 Å². The predicted molar refractivity (Wildman–Crippen MR) is 119 cm³/mol. The van der Waals surface area contributed by atoms with Gasteiger partial charge < -0.3 is 9.84 Å². The Balaban J connectivity index is 3.14. The van der Waals surface area contributed by atoms with Crippen LogP contribution in [0.25, 0.3) is 0 Å². The second-order valence-electron chi connectivity index (χ2n) is 7.28. The molecule has 0 radical (unpaired) electrons. The van der Waals surface area contributed by atoms with Gasteiger partial charge in [0, 0.05) is 0 Å². The molecule has 158 valence electrons. The highest BCUT2D eigenvalue weighted by Crippen LogP contribution is 2.58. The lowest BCUT2D eigenvalue weighted by Gasteiger charge is -2.39. The first-order chi connectivity index (χ1) is 13.2. The van der Waals surface area contributed by atoms with E-state index in [0.717, 1.165) is 18.4 Å². The van der Waals surface area contributed by atoms with Crippen LogP contribution in [0, 0.1) is 0 Å². The van der Waals surface area contributed by atoms with Crippen molar-refractivity contribution >= 4 is 29.9 Å². The molecule has 1 rings (SSSR count). The summed E-state index contributed by atoms with van der Waals surface area (Å²) in [6.07, 6.45) is 1.84. The summed E-state index contributed by atoms with van der Waals surface area (Å²) in [5, 5.41) is 9.70. The highest BCUT2D eigenvalue weighted by atomic mass is 32.4. The van der Waals surface area contributed by atoms with E-state index >= 15 is 0 Å². The smallest absolute Gasteiger partial charge is 0.411 e. The maximum atomic E-state index is 12.9. The van der Waals surface area contributed by atoms with Crippen molar-refractivity contribution in [2.24, 2.45) is 0 Å². The van der Waals surface area contributed by atoms with Crippen molar-refractivity contribution < 1.29 is 19.4 Å². The Morgan fingerprint density at radius 2 is 1.61 bits per heavy atom. The van der Waals surface area contributed by atoms with Crippen molar-refractivity contribution in [3.05, 3.63) is 35.9 Å². The van der Waals surface area contributed by atoms with E-state index in [4.69, 9.17) is 16.5 Å². The number of hydrogen-bond donors (Lipinski definition) is 1. The lowest BCUT2D eigenvalue weighted by Crippen LogP contribution is -2.46. The van der Waals surface area contributed by atoms with Gasteiger partial charge in [-0.15, -0.1) is 0 Å². The van der Waals surface area contributed by atoms with E-state index in [-0.39, 0.29) is 17.9 Å². The quantitative estimate of drug-likeness (QED) is 0.471. The zero-order chi connectivity index (χ0) is 21.3. The van der Waals surface area contributed by atoms with Crippen LogP contribution in [0.15, 0.2) is 30.3 Å². The van der Waals surface area contributed by atoms with Crippen LogP contribution in [0.4, 0.5) is 4.79 Å². The number of ether oxygens (including phenoxy) is 1. The van der Waals surface area contributed by atoms with Gasteiger partial charge in [-0.05, 0) is 42.2 Å². The highest BCUT2D eigenvalue weighted by Gasteiger charge is 2.38. The number of carbonyl (C=O) groups excluding carboxylic acids is 1. The van der Waals surface area contributed by atoms with Crippen LogP contribution in [0.2, 0.25) is 0 Å². The van der Waals surface area contributed by atoms with Gasteiger partial charge in [0.15, 0.2) is 0 Å². The first-order valence-corrected chi connectivity index (χ1v) is 13.1. The summed E-state index contributed by atoms with van der Waals surface area (Å²) in [6, 6.07) is 6.43. The summed E-state index contributed by atoms with van der Waals surface area (Å²) in [5.74, 6) is -1.02. The molecule has 1 aromatic carbocycles. The van der Waals surface area contributed by atoms with Crippen LogP contribution in [0.1, 0.15) is 59.4 Å². The normalized spacial score (nSPS) is 16.5. The number of aliphatic carboxylic acids is 1. The van der Waals surface area contributed by atoms with Crippen molar-refractivity contribution in [3.8, 4) is 0 Å². The van der Waals surface area contributed by atoms with E-state index in [1.54, 1.807) is 6.92 Å². The Morgan fingerprint density at radius 3 is 2.04 bits per heavy atom. The fourth-order valence-corrected chi connectivity index (χ4v) is 7.90. The number of hydrogen-bond acceptors (Lipinski definition) is 4. The van der Waals surface area contributed by atoms with Crippen LogP contribution in [0.5, 0.6) is 0 Å². The first kappa shape index (κ1) is 24.6. The summed E-state index contributed by atoms with van der Waals surface area (Å²) < 4.78 is 5.49. The molecule has 0 fully saturated rings. The maximum absolute atomic E-state index is 12.9. The van der Waals surface area contributed by atoms with E-state index < -0.39 is 24.1 Å². The zero-order valence-corrected chi connectivity index (χ0v) is 19.3. The van der Waals surface area contributed by atoms with Gasteiger partial charge >= 0.3 is 12.1 Å². The molecule has 0 saturated heterocycles. The molecule has 3 unspecified atom stereocenters. The molecular weight excluding hydrogens is 393 g/mol. The van der Waals surface area contributed by atoms with Crippen molar-refractivity contribution in [3.63, 3.8) is 0 Å². The minimum atomic E-state index is -2.02. The third kappa shape index (κ3) is 6.31. The molecule has 0 aliphatic heterocycles. The molecule has 0 bridgehead atoms. The number of rotatable bonds is 11. The van der Waals surface area contributed by atoms with Crippen LogP contribution in [-0.2, 0) is 27.9 Å². The van der Waals surface area contributed by atoms with Gasteiger partial charge in [-0.2, -0.15) is 0 Å². The summed E-state index contributed by atoms with van der Waals surface area (Å²) in [4.78, 5) is 26.2. The van der Waals surface area contributed by atoms with Gasteiger partial charge in [0.2, 0.25) is 0 Å². The molecule has 1 amide bonds. The highest BCUT2D eigenvalue weighted by molar-refractivity contribution is 8.15. The van der Waals surface area contributed by atoms with Crippen molar-refractivity contribution in [2.75, 3.05) is 6.29 Å². The summed E-state index contributed by atoms with van der Waals surface area (Å²) in [7, 11) is 0. The van der Waals surface area contributed by atoms with Crippen molar-refractivity contribution in [1.29, 1.82) is 0 Å². The molecular formula is C21H34NO4PS. The van der Waals surface area contributed by atoms with Gasteiger partial charge in [0.1, 0.15) is 12.6 Å². The Labute approximate surface area is 174 Å². The SMILES string of the molecule is CCC(C(=O)O)N(CP(=S)(C(C)CC)C(C)CC)C(=O)OCc1ccccc1. The van der Waals surface area contributed by atoms with Crippen LogP contribution >= 0.6 is 6.04 Å². The maximum Gasteiger partial charge on any atom is 0.411 e. The number of carboxylic acids is 1. The van der Waals surface area contributed by atoms with Crippen molar-refractivity contribution in [2.45, 2.75) is 77.8 Å². The molecule has 0 spiro atoms. The third-order valence-electron chi connectivity index (χ3n) is 5.53. The fourth-order valence-electron chi connectivity index (χ4n) is 3.18. The molecule has 1 N–H and O–H groups in total. The van der Waals surface area contributed by atoms with Gasteiger partial charge in [0.25, 0.3) is 0 Å². The zero-order valence-electron chi connectivity index (χ0n) is 17.6.